The molecule has 0 aliphatic heterocycles. The van der Waals surface area contributed by atoms with Crippen LogP contribution in [0.4, 0.5) is 5.69 Å². The van der Waals surface area contributed by atoms with E-state index in [0.29, 0.717) is 24.4 Å². The molecule has 7 heteroatoms. The van der Waals surface area contributed by atoms with Crippen molar-refractivity contribution in [2.24, 2.45) is 0 Å². The van der Waals surface area contributed by atoms with Crippen LogP contribution in [-0.4, -0.2) is 21.6 Å². The highest BCUT2D eigenvalue weighted by molar-refractivity contribution is 5.43. The topological polar surface area (TPSA) is 94.1 Å². The van der Waals surface area contributed by atoms with E-state index in [2.05, 4.69) is 15.5 Å². The fourth-order valence-electron chi connectivity index (χ4n) is 1.91. The molecule has 20 heavy (non-hydrogen) atoms. The van der Waals surface area contributed by atoms with Crippen LogP contribution in [-0.2, 0) is 6.42 Å². The van der Waals surface area contributed by atoms with Crippen molar-refractivity contribution in [2.75, 3.05) is 6.54 Å². The number of rotatable bonds is 6. The Kier molecular flexibility index (Phi) is 4.41. The maximum Gasteiger partial charge on any atom is 0.272 e. The Labute approximate surface area is 116 Å². The van der Waals surface area contributed by atoms with E-state index in [1.54, 1.807) is 19.1 Å². The molecule has 1 unspecified atom stereocenters. The number of nitro benzene ring substituents is 1. The molecular formula is C13H16N4O3. The summed E-state index contributed by atoms with van der Waals surface area (Å²) in [5, 5.41) is 17.7. The Hall–Kier alpha value is -2.28. The lowest BCUT2D eigenvalue weighted by Gasteiger charge is -2.13. The van der Waals surface area contributed by atoms with Gasteiger partial charge in [0.1, 0.15) is 0 Å². The lowest BCUT2D eigenvalue weighted by Crippen LogP contribution is -2.21. The monoisotopic (exact) mass is 276 g/mol. The van der Waals surface area contributed by atoms with Gasteiger partial charge >= 0.3 is 0 Å². The van der Waals surface area contributed by atoms with Crippen LogP contribution in [0.5, 0.6) is 0 Å². The molecule has 0 bridgehead atoms. The fraction of sp³-hybridized carbons (Fsp3) is 0.385. The molecule has 0 spiro atoms. The Bertz CT molecular complexity index is 583. The van der Waals surface area contributed by atoms with Gasteiger partial charge in [0.05, 0.1) is 4.92 Å². The third-order valence-electron chi connectivity index (χ3n) is 3.13. The van der Waals surface area contributed by atoms with E-state index in [4.69, 9.17) is 4.52 Å². The first-order chi connectivity index (χ1) is 9.58. The number of hydrogen-bond acceptors (Lipinski definition) is 6. The molecule has 7 nitrogen and oxygen atoms in total. The van der Waals surface area contributed by atoms with Crippen molar-refractivity contribution in [3.05, 3.63) is 51.7 Å². The molecule has 2 aromatic rings. The average Bonchev–Trinajstić information content (AvgIpc) is 2.92. The summed E-state index contributed by atoms with van der Waals surface area (Å²) < 4.78 is 4.90. The Balaban J connectivity index is 1.96. The number of nitrogens with zero attached hydrogens (tertiary/aromatic N) is 3. The predicted molar refractivity (Wildman–Crippen MR) is 72.3 cm³/mol. The van der Waals surface area contributed by atoms with Crippen LogP contribution in [0.25, 0.3) is 0 Å². The zero-order chi connectivity index (χ0) is 14.5. The van der Waals surface area contributed by atoms with E-state index in [1.165, 1.54) is 6.33 Å². The van der Waals surface area contributed by atoms with Crippen molar-refractivity contribution in [1.82, 2.24) is 15.5 Å². The molecule has 2 rings (SSSR count). The largest absolute Gasteiger partial charge is 0.340 e. The van der Waals surface area contributed by atoms with Crippen molar-refractivity contribution in [2.45, 2.75) is 26.3 Å². The summed E-state index contributed by atoms with van der Waals surface area (Å²) >= 11 is 0. The van der Waals surface area contributed by atoms with Gasteiger partial charge in [0.15, 0.2) is 6.33 Å². The summed E-state index contributed by atoms with van der Waals surface area (Å²) in [5.74, 6) is 0.569. The van der Waals surface area contributed by atoms with Crippen molar-refractivity contribution < 1.29 is 9.45 Å². The average molecular weight is 276 g/mol. The van der Waals surface area contributed by atoms with Crippen LogP contribution in [0.3, 0.4) is 0 Å². The molecule has 1 heterocycles. The highest BCUT2D eigenvalue weighted by atomic mass is 16.6. The van der Waals surface area contributed by atoms with Crippen LogP contribution < -0.4 is 5.32 Å². The molecule has 1 N–H and O–H groups in total. The first-order valence-corrected chi connectivity index (χ1v) is 6.32. The van der Waals surface area contributed by atoms with Gasteiger partial charge < -0.3 is 9.84 Å². The molecule has 0 aliphatic rings. The predicted octanol–water partition coefficient (Wildman–Crippen LogP) is 2.18. The number of aromatic nitrogens is 2. The van der Waals surface area contributed by atoms with Crippen LogP contribution in [0.1, 0.15) is 30.0 Å². The smallest absolute Gasteiger partial charge is 0.272 e. The van der Waals surface area contributed by atoms with Crippen LogP contribution in [0.2, 0.25) is 0 Å². The molecule has 0 radical (unpaired) electrons. The van der Waals surface area contributed by atoms with Crippen LogP contribution >= 0.6 is 0 Å². The normalized spacial score (nSPS) is 12.3. The Morgan fingerprint density at radius 1 is 1.50 bits per heavy atom. The SMILES string of the molecule is Cc1ccc(C(C)NCCc2ncno2)cc1[N+](=O)[O-]. The third kappa shape index (κ3) is 3.39. The number of nitro groups is 1. The molecule has 1 aromatic carbocycles. The van der Waals surface area contributed by atoms with Crippen LogP contribution in [0.15, 0.2) is 29.0 Å². The maximum absolute atomic E-state index is 10.9. The second kappa shape index (κ2) is 6.25. The summed E-state index contributed by atoms with van der Waals surface area (Å²) in [5.41, 5.74) is 1.69. The first kappa shape index (κ1) is 14.1. The van der Waals surface area contributed by atoms with Crippen molar-refractivity contribution in [1.29, 1.82) is 0 Å². The summed E-state index contributed by atoms with van der Waals surface area (Å²) in [4.78, 5) is 14.5. The van der Waals surface area contributed by atoms with Gasteiger partial charge in [-0.1, -0.05) is 17.3 Å². The second-order valence-corrected chi connectivity index (χ2v) is 4.56. The lowest BCUT2D eigenvalue weighted by atomic mass is 10.0. The number of benzene rings is 1. The minimum absolute atomic E-state index is 0.0113. The minimum atomic E-state index is -0.357. The van der Waals surface area contributed by atoms with Gasteiger partial charge in [-0.05, 0) is 19.4 Å². The fourth-order valence-corrected chi connectivity index (χ4v) is 1.91. The summed E-state index contributed by atoms with van der Waals surface area (Å²) in [7, 11) is 0. The summed E-state index contributed by atoms with van der Waals surface area (Å²) in [6, 6.07) is 5.29. The van der Waals surface area contributed by atoms with E-state index in [0.717, 1.165) is 5.56 Å². The molecule has 1 aromatic heterocycles. The molecule has 0 aliphatic carbocycles. The molecular weight excluding hydrogens is 260 g/mol. The van der Waals surface area contributed by atoms with Crippen molar-refractivity contribution >= 4 is 5.69 Å². The van der Waals surface area contributed by atoms with Crippen LogP contribution in [0, 0.1) is 17.0 Å². The molecule has 1 atom stereocenters. The zero-order valence-electron chi connectivity index (χ0n) is 11.4. The Morgan fingerprint density at radius 3 is 2.95 bits per heavy atom. The highest BCUT2D eigenvalue weighted by Gasteiger charge is 2.14. The second-order valence-electron chi connectivity index (χ2n) is 4.56. The first-order valence-electron chi connectivity index (χ1n) is 6.32. The van der Waals surface area contributed by atoms with Crippen molar-refractivity contribution in [3.63, 3.8) is 0 Å². The molecule has 0 saturated heterocycles. The van der Waals surface area contributed by atoms with Crippen molar-refractivity contribution in [3.8, 4) is 0 Å². The van der Waals surface area contributed by atoms with Gasteiger partial charge in [-0.25, -0.2) is 0 Å². The summed E-state index contributed by atoms with van der Waals surface area (Å²) in [6.45, 7) is 4.35. The summed E-state index contributed by atoms with van der Waals surface area (Å²) in [6.07, 6.45) is 1.99. The van der Waals surface area contributed by atoms with E-state index in [1.807, 2.05) is 13.0 Å². The quantitative estimate of drug-likeness (QED) is 0.642. The Morgan fingerprint density at radius 2 is 2.30 bits per heavy atom. The van der Waals surface area contributed by atoms with E-state index in [9.17, 15) is 10.1 Å². The number of hydrogen-bond donors (Lipinski definition) is 1. The van der Waals surface area contributed by atoms with E-state index in [-0.39, 0.29) is 16.7 Å². The van der Waals surface area contributed by atoms with Gasteiger partial charge in [-0.2, -0.15) is 4.98 Å². The van der Waals surface area contributed by atoms with E-state index >= 15 is 0 Å². The molecule has 0 saturated carbocycles. The molecule has 106 valence electrons. The lowest BCUT2D eigenvalue weighted by molar-refractivity contribution is -0.385. The van der Waals surface area contributed by atoms with Gasteiger partial charge in [-0.3, -0.25) is 10.1 Å². The van der Waals surface area contributed by atoms with Gasteiger partial charge in [0.2, 0.25) is 5.89 Å². The standard InChI is InChI=1S/C13H16N4O3/c1-9-3-4-11(7-12(9)17(18)19)10(2)14-6-5-13-15-8-16-20-13/h3-4,7-8,10,14H,5-6H2,1-2H3. The van der Waals surface area contributed by atoms with E-state index < -0.39 is 0 Å². The number of nitrogens with one attached hydrogen (secondary N) is 1. The molecule has 0 fully saturated rings. The molecule has 0 amide bonds. The maximum atomic E-state index is 10.9. The number of aryl methyl sites for hydroxylation is 1. The third-order valence-corrected chi connectivity index (χ3v) is 3.13. The van der Waals surface area contributed by atoms with Gasteiger partial charge in [0.25, 0.3) is 5.69 Å². The minimum Gasteiger partial charge on any atom is -0.340 e. The van der Waals surface area contributed by atoms with Gasteiger partial charge in [0, 0.05) is 30.6 Å². The van der Waals surface area contributed by atoms with Gasteiger partial charge in [-0.15, -0.1) is 0 Å². The zero-order valence-corrected chi connectivity index (χ0v) is 11.4. The highest BCUT2D eigenvalue weighted by Crippen LogP contribution is 2.23.